The van der Waals surface area contributed by atoms with Crippen LogP contribution in [0.15, 0.2) is 24.3 Å². The maximum absolute atomic E-state index is 11.9. The fourth-order valence-corrected chi connectivity index (χ4v) is 2.54. The van der Waals surface area contributed by atoms with Gasteiger partial charge in [-0.05, 0) is 18.2 Å². The minimum absolute atomic E-state index is 0.267. The average Bonchev–Trinajstić information content (AvgIpc) is 2.55. The highest BCUT2D eigenvalue weighted by Gasteiger charge is 2.27. The number of alkyl halides is 3. The molecular weight excluding hydrogens is 335 g/mol. The second kappa shape index (κ2) is 9.17. The smallest absolute Gasteiger partial charge is 0.362 e. The standard InChI is InChI=1S/C17H24F3N3O2/c1-22-6-8-23(9-7-22)11-15-4-2-14(3-5-15)10-21-16(24)12-25-13-17(18,19)20/h2-5H,6-13H2,1H3,(H,21,24). The summed E-state index contributed by atoms with van der Waals surface area (Å²) < 4.78 is 40.1. The number of likely N-dealkylation sites (N-methyl/N-ethyl adjacent to an activating group) is 1. The quantitative estimate of drug-likeness (QED) is 0.804. The molecule has 0 atom stereocenters. The molecule has 1 saturated heterocycles. The van der Waals surface area contributed by atoms with Crippen molar-refractivity contribution >= 4 is 5.91 Å². The number of carbonyl (C=O) groups is 1. The highest BCUT2D eigenvalue weighted by molar-refractivity contribution is 5.77. The number of nitrogens with zero attached hydrogens (tertiary/aromatic N) is 2. The molecule has 2 rings (SSSR count). The van der Waals surface area contributed by atoms with Crippen LogP contribution in [0.5, 0.6) is 0 Å². The molecule has 0 saturated carbocycles. The van der Waals surface area contributed by atoms with Gasteiger partial charge in [-0.2, -0.15) is 13.2 Å². The average molecular weight is 359 g/mol. The first-order chi connectivity index (χ1) is 11.8. The van der Waals surface area contributed by atoms with Crippen LogP contribution >= 0.6 is 0 Å². The first-order valence-corrected chi connectivity index (χ1v) is 8.22. The Balaban J connectivity index is 1.68. The Kier molecular flexibility index (Phi) is 7.22. The van der Waals surface area contributed by atoms with Gasteiger partial charge in [-0.15, -0.1) is 0 Å². The van der Waals surface area contributed by atoms with Gasteiger partial charge in [0.1, 0.15) is 13.2 Å². The van der Waals surface area contributed by atoms with Crippen molar-refractivity contribution in [1.29, 1.82) is 0 Å². The van der Waals surface area contributed by atoms with Crippen molar-refractivity contribution in [3.05, 3.63) is 35.4 Å². The fraction of sp³-hybridized carbons (Fsp3) is 0.588. The van der Waals surface area contributed by atoms with Gasteiger partial charge in [0.2, 0.25) is 5.91 Å². The maximum Gasteiger partial charge on any atom is 0.411 e. The highest BCUT2D eigenvalue weighted by atomic mass is 19.4. The van der Waals surface area contributed by atoms with Crippen LogP contribution in [-0.2, 0) is 22.6 Å². The largest absolute Gasteiger partial charge is 0.411 e. The van der Waals surface area contributed by atoms with Gasteiger partial charge in [-0.3, -0.25) is 9.69 Å². The second-order valence-electron chi connectivity index (χ2n) is 6.28. The molecule has 1 aliphatic heterocycles. The van der Waals surface area contributed by atoms with Gasteiger partial charge in [0.25, 0.3) is 0 Å². The Bertz CT molecular complexity index is 541. The van der Waals surface area contributed by atoms with Crippen molar-refractivity contribution in [2.24, 2.45) is 0 Å². The molecule has 1 aromatic rings. The summed E-state index contributed by atoms with van der Waals surface area (Å²) in [5.41, 5.74) is 2.10. The normalized spacial score (nSPS) is 16.8. The highest BCUT2D eigenvalue weighted by Crippen LogP contribution is 2.14. The van der Waals surface area contributed by atoms with Crippen molar-refractivity contribution in [3.8, 4) is 0 Å². The van der Waals surface area contributed by atoms with Crippen LogP contribution in [0.2, 0.25) is 0 Å². The lowest BCUT2D eigenvalue weighted by Gasteiger charge is -2.32. The van der Waals surface area contributed by atoms with Gasteiger partial charge in [0.15, 0.2) is 0 Å². The molecule has 1 N–H and O–H groups in total. The summed E-state index contributed by atoms with van der Waals surface area (Å²) in [6.45, 7) is 3.39. The van der Waals surface area contributed by atoms with Crippen molar-refractivity contribution in [1.82, 2.24) is 15.1 Å². The van der Waals surface area contributed by atoms with Crippen LogP contribution in [0.4, 0.5) is 13.2 Å². The van der Waals surface area contributed by atoms with E-state index >= 15 is 0 Å². The number of hydrogen-bond donors (Lipinski definition) is 1. The zero-order chi connectivity index (χ0) is 18.3. The van der Waals surface area contributed by atoms with E-state index in [1.807, 2.05) is 24.3 Å². The number of rotatable bonds is 7. The molecule has 0 bridgehead atoms. The van der Waals surface area contributed by atoms with Gasteiger partial charge in [0.05, 0.1) is 0 Å². The Labute approximate surface area is 145 Å². The molecule has 0 aromatic heterocycles. The molecule has 0 spiro atoms. The SMILES string of the molecule is CN1CCN(Cc2ccc(CNC(=O)COCC(F)(F)F)cc2)CC1. The summed E-state index contributed by atoms with van der Waals surface area (Å²) in [5.74, 6) is -0.564. The van der Waals surface area contributed by atoms with Crippen LogP contribution in [0.3, 0.4) is 0 Å². The molecule has 0 unspecified atom stereocenters. The third kappa shape index (κ3) is 7.85. The van der Waals surface area contributed by atoms with E-state index in [1.165, 1.54) is 5.56 Å². The zero-order valence-electron chi connectivity index (χ0n) is 14.3. The first kappa shape index (κ1) is 19.7. The number of halogens is 3. The lowest BCUT2D eigenvalue weighted by molar-refractivity contribution is -0.175. The summed E-state index contributed by atoms with van der Waals surface area (Å²) >= 11 is 0. The predicted molar refractivity (Wildman–Crippen MR) is 87.9 cm³/mol. The molecule has 1 fully saturated rings. The van der Waals surface area contributed by atoms with E-state index in [1.54, 1.807) is 0 Å². The van der Waals surface area contributed by atoms with Gasteiger partial charge < -0.3 is 15.0 Å². The van der Waals surface area contributed by atoms with E-state index in [9.17, 15) is 18.0 Å². The predicted octanol–water partition coefficient (Wildman–Crippen LogP) is 1.63. The van der Waals surface area contributed by atoms with E-state index in [-0.39, 0.29) is 6.54 Å². The number of hydrogen-bond acceptors (Lipinski definition) is 4. The van der Waals surface area contributed by atoms with Gasteiger partial charge in [-0.1, -0.05) is 24.3 Å². The molecular formula is C17H24F3N3O2. The van der Waals surface area contributed by atoms with E-state index in [2.05, 4.69) is 26.9 Å². The molecule has 1 amide bonds. The van der Waals surface area contributed by atoms with Crippen LogP contribution in [0.1, 0.15) is 11.1 Å². The third-order valence-electron chi connectivity index (χ3n) is 4.01. The van der Waals surface area contributed by atoms with E-state index in [4.69, 9.17) is 0 Å². The van der Waals surface area contributed by atoms with Gasteiger partial charge in [-0.25, -0.2) is 0 Å². The van der Waals surface area contributed by atoms with Gasteiger partial charge >= 0.3 is 6.18 Å². The minimum Gasteiger partial charge on any atom is -0.362 e. The number of amides is 1. The molecule has 25 heavy (non-hydrogen) atoms. The summed E-state index contributed by atoms with van der Waals surface area (Å²) in [6, 6.07) is 7.87. The maximum atomic E-state index is 11.9. The molecule has 1 aromatic carbocycles. The lowest BCUT2D eigenvalue weighted by atomic mass is 10.1. The van der Waals surface area contributed by atoms with Crippen molar-refractivity contribution in [2.75, 3.05) is 46.4 Å². The Morgan fingerprint density at radius 1 is 1.12 bits per heavy atom. The fourth-order valence-electron chi connectivity index (χ4n) is 2.54. The second-order valence-corrected chi connectivity index (χ2v) is 6.28. The molecule has 1 aliphatic rings. The molecule has 1 heterocycles. The van der Waals surface area contributed by atoms with Crippen molar-refractivity contribution in [3.63, 3.8) is 0 Å². The van der Waals surface area contributed by atoms with Crippen LogP contribution in [0.25, 0.3) is 0 Å². The molecule has 8 heteroatoms. The minimum atomic E-state index is -4.42. The van der Waals surface area contributed by atoms with E-state index in [0.717, 1.165) is 38.3 Å². The third-order valence-corrected chi connectivity index (χ3v) is 4.01. The van der Waals surface area contributed by atoms with Crippen molar-refractivity contribution < 1.29 is 22.7 Å². The molecule has 5 nitrogen and oxygen atoms in total. The van der Waals surface area contributed by atoms with Crippen LogP contribution in [0, 0.1) is 0 Å². The summed E-state index contributed by atoms with van der Waals surface area (Å²) in [7, 11) is 2.12. The zero-order valence-corrected chi connectivity index (χ0v) is 14.3. The van der Waals surface area contributed by atoms with E-state index in [0.29, 0.717) is 0 Å². The number of carbonyl (C=O) groups excluding carboxylic acids is 1. The molecule has 0 radical (unpaired) electrons. The Morgan fingerprint density at radius 3 is 2.32 bits per heavy atom. The Morgan fingerprint density at radius 2 is 1.72 bits per heavy atom. The van der Waals surface area contributed by atoms with Crippen LogP contribution < -0.4 is 5.32 Å². The lowest BCUT2D eigenvalue weighted by Crippen LogP contribution is -2.43. The summed E-state index contributed by atoms with van der Waals surface area (Å²) in [4.78, 5) is 16.1. The number of nitrogens with one attached hydrogen (secondary N) is 1. The molecule has 0 aliphatic carbocycles. The summed E-state index contributed by atoms with van der Waals surface area (Å²) in [6.07, 6.45) is -4.42. The topological polar surface area (TPSA) is 44.8 Å². The number of benzene rings is 1. The summed E-state index contributed by atoms with van der Waals surface area (Å²) in [5, 5.41) is 2.54. The van der Waals surface area contributed by atoms with Crippen LogP contribution in [-0.4, -0.2) is 68.3 Å². The van der Waals surface area contributed by atoms with E-state index < -0.39 is 25.3 Å². The number of piperazine rings is 1. The Hall–Kier alpha value is -1.64. The number of ether oxygens (including phenoxy) is 1. The molecule has 140 valence electrons. The monoisotopic (exact) mass is 359 g/mol. The van der Waals surface area contributed by atoms with Crippen molar-refractivity contribution in [2.45, 2.75) is 19.3 Å². The van der Waals surface area contributed by atoms with Gasteiger partial charge in [0, 0.05) is 39.3 Å². The first-order valence-electron chi connectivity index (χ1n) is 8.22.